The number of nitrogens with one attached hydrogen (secondary N) is 1. The first-order valence-corrected chi connectivity index (χ1v) is 6.68. The van der Waals surface area contributed by atoms with Crippen LogP contribution >= 0.6 is 12.4 Å². The number of hydrogen-bond donors (Lipinski definition) is 2. The van der Waals surface area contributed by atoms with Crippen molar-refractivity contribution < 1.29 is 18.3 Å². The van der Waals surface area contributed by atoms with Crippen molar-refractivity contribution in [1.29, 1.82) is 0 Å². The minimum Gasteiger partial charge on any atom is -0.508 e. The highest BCUT2D eigenvalue weighted by Crippen LogP contribution is 2.37. The average Bonchev–Trinajstić information content (AvgIpc) is 2.36. The van der Waals surface area contributed by atoms with Crippen molar-refractivity contribution in [2.45, 2.75) is 25.6 Å². The second-order valence-corrected chi connectivity index (χ2v) is 5.18. The number of hydrogen-bond acceptors (Lipinski definition) is 3. The van der Waals surface area contributed by atoms with E-state index in [2.05, 4.69) is 5.32 Å². The Morgan fingerprint density at radius 2 is 1.90 bits per heavy atom. The number of phenols is 1. The molecule has 0 unspecified atom stereocenters. The number of nitrogens with zero attached hydrogens (tertiary/aromatic N) is 1. The molecule has 1 atom stereocenters. The van der Waals surface area contributed by atoms with Crippen LogP contribution in [-0.4, -0.2) is 42.4 Å². The Bertz CT molecular complexity index is 462. The molecular weight excluding hydrogens is 305 g/mol. The molecule has 0 amide bonds. The molecule has 2 N–H and O–H groups in total. The lowest BCUT2D eigenvalue weighted by molar-refractivity contribution is -0.148. The van der Waals surface area contributed by atoms with Gasteiger partial charge in [-0.3, -0.25) is 4.90 Å². The van der Waals surface area contributed by atoms with Gasteiger partial charge in [0.2, 0.25) is 0 Å². The standard InChI is InChI=1S/C14H19F3N2O.ClH/c1-10-2-3-11(13(20)8-10)12(9-14(15,16)17)19-6-4-18-5-7-19;/h2-3,8,12,18,20H,4-7,9H2,1H3;1H/t12-;/m1./s1. The van der Waals surface area contributed by atoms with E-state index >= 15 is 0 Å². The maximum Gasteiger partial charge on any atom is 0.390 e. The molecule has 1 heterocycles. The number of alkyl halides is 3. The van der Waals surface area contributed by atoms with E-state index in [9.17, 15) is 18.3 Å². The summed E-state index contributed by atoms with van der Waals surface area (Å²) in [7, 11) is 0. The molecule has 1 aromatic rings. The zero-order chi connectivity index (χ0) is 14.8. The van der Waals surface area contributed by atoms with Gasteiger partial charge in [-0.25, -0.2) is 0 Å². The topological polar surface area (TPSA) is 35.5 Å². The first kappa shape index (κ1) is 18.1. The van der Waals surface area contributed by atoms with Gasteiger partial charge >= 0.3 is 6.18 Å². The van der Waals surface area contributed by atoms with Gasteiger partial charge in [0.1, 0.15) is 5.75 Å². The molecule has 1 aliphatic heterocycles. The highest BCUT2D eigenvalue weighted by Gasteiger charge is 2.36. The zero-order valence-electron chi connectivity index (χ0n) is 11.8. The summed E-state index contributed by atoms with van der Waals surface area (Å²) in [5.41, 5.74) is 1.19. The fraction of sp³-hybridized carbons (Fsp3) is 0.571. The molecule has 1 fully saturated rings. The molecule has 7 heteroatoms. The first-order valence-electron chi connectivity index (χ1n) is 6.68. The normalized spacial score (nSPS) is 18.1. The molecule has 3 nitrogen and oxygen atoms in total. The van der Waals surface area contributed by atoms with Crippen molar-refractivity contribution in [2.75, 3.05) is 26.2 Å². The molecule has 0 radical (unpaired) electrons. The highest BCUT2D eigenvalue weighted by atomic mass is 35.5. The van der Waals surface area contributed by atoms with Crippen molar-refractivity contribution >= 4 is 12.4 Å². The molecule has 1 aromatic carbocycles. The maximum absolute atomic E-state index is 12.8. The van der Waals surface area contributed by atoms with Gasteiger partial charge in [-0.15, -0.1) is 12.4 Å². The third-order valence-electron chi connectivity index (χ3n) is 3.56. The van der Waals surface area contributed by atoms with Gasteiger partial charge in [-0.2, -0.15) is 13.2 Å². The predicted molar refractivity (Wildman–Crippen MR) is 77.9 cm³/mol. The van der Waals surface area contributed by atoms with E-state index in [0.29, 0.717) is 31.7 Å². The number of benzene rings is 1. The van der Waals surface area contributed by atoms with Gasteiger partial charge < -0.3 is 10.4 Å². The molecule has 0 aromatic heterocycles. The van der Waals surface area contributed by atoms with Crippen LogP contribution in [0.1, 0.15) is 23.6 Å². The number of rotatable bonds is 3. The Kier molecular flexibility index (Phi) is 6.31. The molecule has 1 aliphatic rings. The van der Waals surface area contributed by atoms with Gasteiger partial charge in [0.05, 0.1) is 6.42 Å². The molecule has 2 rings (SSSR count). The van der Waals surface area contributed by atoms with E-state index in [-0.39, 0.29) is 18.2 Å². The van der Waals surface area contributed by atoms with Gasteiger partial charge in [0.25, 0.3) is 0 Å². The summed E-state index contributed by atoms with van der Waals surface area (Å²) in [5, 5.41) is 13.1. The average molecular weight is 325 g/mol. The summed E-state index contributed by atoms with van der Waals surface area (Å²) in [5.74, 6) is -0.0576. The fourth-order valence-electron chi connectivity index (χ4n) is 2.58. The first-order chi connectivity index (χ1) is 9.37. The van der Waals surface area contributed by atoms with Crippen LogP contribution in [0.2, 0.25) is 0 Å². The highest BCUT2D eigenvalue weighted by molar-refractivity contribution is 5.85. The van der Waals surface area contributed by atoms with E-state index < -0.39 is 18.6 Å². The van der Waals surface area contributed by atoms with Crippen LogP contribution in [0.5, 0.6) is 5.75 Å². The van der Waals surface area contributed by atoms with Crippen LogP contribution in [0.15, 0.2) is 18.2 Å². The predicted octanol–water partition coefficient (Wildman–Crippen LogP) is 3.02. The monoisotopic (exact) mass is 324 g/mol. The van der Waals surface area contributed by atoms with Gasteiger partial charge in [-0.1, -0.05) is 12.1 Å². The van der Waals surface area contributed by atoms with Gasteiger partial charge in [0.15, 0.2) is 0 Å². The van der Waals surface area contributed by atoms with Crippen molar-refractivity contribution in [1.82, 2.24) is 10.2 Å². The maximum atomic E-state index is 12.8. The number of aryl methyl sites for hydroxylation is 1. The van der Waals surface area contributed by atoms with Crippen molar-refractivity contribution in [2.24, 2.45) is 0 Å². The lowest BCUT2D eigenvalue weighted by Crippen LogP contribution is -2.46. The molecular formula is C14H20ClF3N2O. The molecule has 21 heavy (non-hydrogen) atoms. The van der Waals surface area contributed by atoms with E-state index in [0.717, 1.165) is 5.56 Å². The van der Waals surface area contributed by atoms with Crippen LogP contribution in [0, 0.1) is 6.92 Å². The van der Waals surface area contributed by atoms with Crippen molar-refractivity contribution in [3.8, 4) is 5.75 Å². The third kappa shape index (κ3) is 5.05. The largest absolute Gasteiger partial charge is 0.508 e. The number of phenolic OH excluding ortho intramolecular Hbond substituents is 1. The van der Waals surface area contributed by atoms with Crippen LogP contribution in [0.4, 0.5) is 13.2 Å². The number of piperazine rings is 1. The number of aromatic hydroxyl groups is 1. The molecule has 1 saturated heterocycles. The molecule has 0 aliphatic carbocycles. The minimum absolute atomic E-state index is 0. The Morgan fingerprint density at radius 1 is 1.29 bits per heavy atom. The Balaban J connectivity index is 0.00000220. The molecule has 0 saturated carbocycles. The van der Waals surface area contributed by atoms with E-state index in [1.807, 2.05) is 0 Å². The summed E-state index contributed by atoms with van der Waals surface area (Å²) in [6, 6.07) is 4.03. The molecule has 120 valence electrons. The zero-order valence-corrected chi connectivity index (χ0v) is 12.6. The lowest BCUT2D eigenvalue weighted by Gasteiger charge is -2.36. The second kappa shape index (κ2) is 7.33. The summed E-state index contributed by atoms with van der Waals surface area (Å²) < 4.78 is 38.5. The Hall–Kier alpha value is -0.980. The van der Waals surface area contributed by atoms with Crippen molar-refractivity contribution in [3.63, 3.8) is 0 Å². The third-order valence-corrected chi connectivity index (χ3v) is 3.56. The Labute approximate surface area is 128 Å². The summed E-state index contributed by atoms with van der Waals surface area (Å²) in [6.45, 7) is 4.23. The van der Waals surface area contributed by atoms with E-state index in [1.165, 1.54) is 6.07 Å². The van der Waals surface area contributed by atoms with Gasteiger partial charge in [-0.05, 0) is 18.6 Å². The Morgan fingerprint density at radius 3 is 2.43 bits per heavy atom. The van der Waals surface area contributed by atoms with Crippen LogP contribution in [0.25, 0.3) is 0 Å². The van der Waals surface area contributed by atoms with Crippen LogP contribution < -0.4 is 5.32 Å². The number of halogens is 4. The van der Waals surface area contributed by atoms with Crippen LogP contribution in [-0.2, 0) is 0 Å². The summed E-state index contributed by atoms with van der Waals surface area (Å²) in [6.07, 6.45) is -5.20. The lowest BCUT2D eigenvalue weighted by atomic mass is 9.98. The van der Waals surface area contributed by atoms with E-state index in [1.54, 1.807) is 24.0 Å². The smallest absolute Gasteiger partial charge is 0.390 e. The fourth-order valence-corrected chi connectivity index (χ4v) is 2.58. The SMILES string of the molecule is Cc1ccc([C@@H](CC(F)(F)F)N2CCNCC2)c(O)c1.Cl. The molecule has 0 spiro atoms. The molecule has 0 bridgehead atoms. The van der Waals surface area contributed by atoms with Crippen molar-refractivity contribution in [3.05, 3.63) is 29.3 Å². The van der Waals surface area contributed by atoms with Crippen LogP contribution in [0.3, 0.4) is 0 Å². The quantitative estimate of drug-likeness (QED) is 0.897. The summed E-state index contributed by atoms with van der Waals surface area (Å²) >= 11 is 0. The second-order valence-electron chi connectivity index (χ2n) is 5.18. The van der Waals surface area contributed by atoms with E-state index in [4.69, 9.17) is 0 Å². The minimum atomic E-state index is -4.26. The van der Waals surface area contributed by atoms with Gasteiger partial charge in [0, 0.05) is 37.8 Å². The summed E-state index contributed by atoms with van der Waals surface area (Å²) in [4.78, 5) is 1.79.